The summed E-state index contributed by atoms with van der Waals surface area (Å²) in [4.78, 5) is 38.5. The maximum absolute atomic E-state index is 13.1. The van der Waals surface area contributed by atoms with Gasteiger partial charge in [-0.05, 0) is 55.4 Å². The van der Waals surface area contributed by atoms with Crippen LogP contribution in [0.1, 0.15) is 32.1 Å². The zero-order valence-electron chi connectivity index (χ0n) is 15.8. The minimum atomic E-state index is -1.31. The molecule has 2 amide bonds. The molecule has 8 nitrogen and oxygen atoms in total. The fourth-order valence-electron chi connectivity index (χ4n) is 3.94. The SMILES string of the molecule is O=C1NC(=S)N(c2ccc(Cl)cc2)C(=O)/C1=C/[C@H]1OC2(CCCCC2)O[C@H]1C(=O)O. The van der Waals surface area contributed by atoms with E-state index in [9.17, 15) is 19.5 Å². The number of thiocarbonyl (C=S) groups is 1. The first-order valence-corrected chi connectivity index (χ1v) is 10.3. The molecule has 1 spiro atoms. The Kier molecular flexibility index (Phi) is 5.63. The van der Waals surface area contributed by atoms with Crippen molar-refractivity contribution in [3.05, 3.63) is 40.9 Å². The molecule has 2 aliphatic heterocycles. The van der Waals surface area contributed by atoms with Crippen LogP contribution in [0, 0.1) is 0 Å². The van der Waals surface area contributed by atoms with Gasteiger partial charge in [-0.1, -0.05) is 18.0 Å². The van der Waals surface area contributed by atoms with Crippen molar-refractivity contribution in [1.82, 2.24) is 5.32 Å². The van der Waals surface area contributed by atoms with E-state index < -0.39 is 35.8 Å². The summed E-state index contributed by atoms with van der Waals surface area (Å²) >= 11 is 11.1. The number of carbonyl (C=O) groups is 3. The van der Waals surface area contributed by atoms with Gasteiger partial charge in [0.15, 0.2) is 17.0 Å². The Balaban J connectivity index is 1.65. The number of aliphatic carboxylic acids is 1. The lowest BCUT2D eigenvalue weighted by Gasteiger charge is -2.31. The molecule has 10 heteroatoms. The molecule has 2 saturated heterocycles. The summed E-state index contributed by atoms with van der Waals surface area (Å²) in [5, 5.41) is 12.5. The van der Waals surface area contributed by atoms with E-state index in [2.05, 4.69) is 5.32 Å². The van der Waals surface area contributed by atoms with Crippen LogP contribution in [0.3, 0.4) is 0 Å². The topological polar surface area (TPSA) is 105 Å². The highest BCUT2D eigenvalue weighted by molar-refractivity contribution is 7.80. The Morgan fingerprint density at radius 3 is 2.50 bits per heavy atom. The zero-order chi connectivity index (χ0) is 21.5. The molecule has 3 aliphatic rings. The van der Waals surface area contributed by atoms with E-state index in [0.29, 0.717) is 23.6 Å². The lowest BCUT2D eigenvalue weighted by molar-refractivity contribution is -0.196. The van der Waals surface area contributed by atoms with Crippen molar-refractivity contribution in [2.75, 3.05) is 4.90 Å². The van der Waals surface area contributed by atoms with Crippen molar-refractivity contribution in [1.29, 1.82) is 0 Å². The van der Waals surface area contributed by atoms with E-state index in [0.717, 1.165) is 24.2 Å². The van der Waals surface area contributed by atoms with Gasteiger partial charge in [0.25, 0.3) is 11.8 Å². The van der Waals surface area contributed by atoms with Gasteiger partial charge in [-0.25, -0.2) is 4.79 Å². The minimum absolute atomic E-state index is 0.0772. The molecule has 4 rings (SSSR count). The predicted octanol–water partition coefficient (Wildman–Crippen LogP) is 2.54. The second-order valence-electron chi connectivity index (χ2n) is 7.39. The molecule has 3 fully saturated rings. The van der Waals surface area contributed by atoms with Crippen LogP contribution in [0.2, 0.25) is 5.02 Å². The quantitative estimate of drug-likeness (QED) is 0.414. The number of halogens is 1. The van der Waals surface area contributed by atoms with E-state index in [1.54, 1.807) is 24.3 Å². The van der Waals surface area contributed by atoms with Crippen molar-refractivity contribution in [3.63, 3.8) is 0 Å². The van der Waals surface area contributed by atoms with Crippen LogP contribution in [0.25, 0.3) is 0 Å². The number of nitrogens with one attached hydrogen (secondary N) is 1. The maximum Gasteiger partial charge on any atom is 0.336 e. The molecule has 2 atom stereocenters. The summed E-state index contributed by atoms with van der Waals surface area (Å²) in [6, 6.07) is 6.36. The number of hydrogen-bond acceptors (Lipinski definition) is 6. The summed E-state index contributed by atoms with van der Waals surface area (Å²) in [5.74, 6) is -3.61. The third-order valence-corrected chi connectivity index (χ3v) is 5.90. The number of carboxylic acid groups (broad SMARTS) is 1. The highest BCUT2D eigenvalue weighted by Crippen LogP contribution is 2.41. The second kappa shape index (κ2) is 8.07. The van der Waals surface area contributed by atoms with Crippen molar-refractivity contribution in [3.8, 4) is 0 Å². The third kappa shape index (κ3) is 3.85. The molecule has 1 aliphatic carbocycles. The number of amides is 2. The van der Waals surface area contributed by atoms with Crippen LogP contribution >= 0.6 is 23.8 Å². The highest BCUT2D eigenvalue weighted by Gasteiger charge is 2.51. The van der Waals surface area contributed by atoms with Gasteiger partial charge in [-0.2, -0.15) is 0 Å². The van der Waals surface area contributed by atoms with Gasteiger partial charge in [0.2, 0.25) is 0 Å². The number of carbonyl (C=O) groups excluding carboxylic acids is 2. The minimum Gasteiger partial charge on any atom is -0.479 e. The first-order valence-electron chi connectivity index (χ1n) is 9.55. The van der Waals surface area contributed by atoms with E-state index in [1.165, 1.54) is 6.08 Å². The second-order valence-corrected chi connectivity index (χ2v) is 8.21. The maximum atomic E-state index is 13.1. The normalized spacial score (nSPS) is 27.6. The van der Waals surface area contributed by atoms with E-state index in [4.69, 9.17) is 33.3 Å². The standard InChI is InChI=1S/C20H19ClN2O6S/c21-11-4-6-12(7-5-11)23-17(25)13(16(24)22-19(23)30)10-14-15(18(26)27)29-20(28-14)8-2-1-3-9-20/h4-7,10,14-15H,1-3,8-9H2,(H,26,27)(H,22,24,30)/b13-10+/t14-,15-/m1/s1. The highest BCUT2D eigenvalue weighted by atomic mass is 35.5. The number of rotatable bonds is 3. The number of benzene rings is 1. The molecule has 2 N–H and O–H groups in total. The average Bonchev–Trinajstić information content (AvgIpc) is 3.05. The van der Waals surface area contributed by atoms with E-state index in [-0.39, 0.29) is 10.7 Å². The molecule has 1 saturated carbocycles. The summed E-state index contributed by atoms with van der Waals surface area (Å²) < 4.78 is 11.7. The number of carboxylic acids is 1. The molecule has 2 heterocycles. The summed E-state index contributed by atoms with van der Waals surface area (Å²) in [5.41, 5.74) is 0.161. The largest absolute Gasteiger partial charge is 0.479 e. The summed E-state index contributed by atoms with van der Waals surface area (Å²) in [6.45, 7) is 0. The number of nitrogens with zero attached hydrogens (tertiary/aromatic N) is 1. The zero-order valence-corrected chi connectivity index (χ0v) is 17.4. The predicted molar refractivity (Wildman–Crippen MR) is 111 cm³/mol. The van der Waals surface area contributed by atoms with Crippen LogP contribution in [-0.2, 0) is 23.9 Å². The number of anilines is 1. The van der Waals surface area contributed by atoms with Gasteiger partial charge in [0.1, 0.15) is 11.7 Å². The Bertz CT molecular complexity index is 941. The van der Waals surface area contributed by atoms with Crippen molar-refractivity contribution in [2.24, 2.45) is 0 Å². The molecule has 1 aromatic carbocycles. The fourth-order valence-corrected chi connectivity index (χ4v) is 4.35. The molecular weight excluding hydrogens is 432 g/mol. The van der Waals surface area contributed by atoms with Crippen molar-refractivity contribution >= 4 is 52.4 Å². The van der Waals surface area contributed by atoms with Crippen molar-refractivity contribution in [2.45, 2.75) is 50.1 Å². The molecule has 0 radical (unpaired) electrons. The smallest absolute Gasteiger partial charge is 0.336 e. The first-order chi connectivity index (χ1) is 14.3. The fraction of sp³-hybridized carbons (Fsp3) is 0.400. The first kappa shape index (κ1) is 20.9. The molecule has 0 bridgehead atoms. The molecule has 1 aromatic rings. The molecular formula is C20H19ClN2O6S. The Labute approximate surface area is 182 Å². The Morgan fingerprint density at radius 2 is 1.87 bits per heavy atom. The van der Waals surface area contributed by atoms with Gasteiger partial charge in [0, 0.05) is 17.9 Å². The van der Waals surface area contributed by atoms with Crippen LogP contribution < -0.4 is 10.2 Å². The van der Waals surface area contributed by atoms with Crippen LogP contribution in [0.15, 0.2) is 35.9 Å². The van der Waals surface area contributed by atoms with E-state index in [1.807, 2.05) is 0 Å². The van der Waals surface area contributed by atoms with Gasteiger partial charge in [-0.3, -0.25) is 19.8 Å². The molecule has 158 valence electrons. The van der Waals surface area contributed by atoms with E-state index >= 15 is 0 Å². The van der Waals surface area contributed by atoms with Gasteiger partial charge >= 0.3 is 5.97 Å². The lowest BCUT2D eigenvalue weighted by atomic mass is 9.94. The number of ether oxygens (including phenoxy) is 2. The third-order valence-electron chi connectivity index (χ3n) is 5.37. The monoisotopic (exact) mass is 450 g/mol. The van der Waals surface area contributed by atoms with Gasteiger partial charge in [0.05, 0.1) is 5.69 Å². The van der Waals surface area contributed by atoms with Gasteiger partial charge < -0.3 is 14.6 Å². The molecule has 0 aromatic heterocycles. The number of hydrogen-bond donors (Lipinski definition) is 2. The average molecular weight is 451 g/mol. The summed E-state index contributed by atoms with van der Waals surface area (Å²) in [7, 11) is 0. The van der Waals surface area contributed by atoms with Crippen molar-refractivity contribution < 1.29 is 29.0 Å². The Morgan fingerprint density at radius 1 is 1.20 bits per heavy atom. The van der Waals surface area contributed by atoms with Crippen LogP contribution in [-0.4, -0.2) is 46.0 Å². The summed E-state index contributed by atoms with van der Waals surface area (Å²) in [6.07, 6.45) is 2.70. The molecule has 0 unspecified atom stereocenters. The lowest BCUT2D eigenvalue weighted by Crippen LogP contribution is -2.54. The Hall–Kier alpha value is -2.33. The molecule has 30 heavy (non-hydrogen) atoms. The van der Waals surface area contributed by atoms with Crippen LogP contribution in [0.4, 0.5) is 5.69 Å². The van der Waals surface area contributed by atoms with Gasteiger partial charge in [-0.15, -0.1) is 0 Å². The van der Waals surface area contributed by atoms with Crippen LogP contribution in [0.5, 0.6) is 0 Å².